The first-order valence-electron chi connectivity index (χ1n) is 3.27. The molecule has 54 valence electrons. The summed E-state index contributed by atoms with van der Waals surface area (Å²) in [7, 11) is 0. The van der Waals surface area contributed by atoms with Gasteiger partial charge in [0, 0.05) is 0 Å². The molecule has 0 unspecified atom stereocenters. The zero-order valence-corrected chi connectivity index (χ0v) is 7.16. The molecule has 11 heavy (non-hydrogen) atoms. The average molecular weight is 143 g/mol. The quantitative estimate of drug-likeness (QED) is 0.378. The second-order valence-corrected chi connectivity index (χ2v) is 2.29. The van der Waals surface area contributed by atoms with Crippen LogP contribution in [0.15, 0.2) is 18.5 Å². The van der Waals surface area contributed by atoms with Crippen molar-refractivity contribution in [3.63, 3.8) is 0 Å². The zero-order valence-electron chi connectivity index (χ0n) is 7.16. The van der Waals surface area contributed by atoms with Gasteiger partial charge < -0.3 is 9.72 Å². The van der Waals surface area contributed by atoms with Crippen molar-refractivity contribution < 1.29 is 23.6 Å². The summed E-state index contributed by atoms with van der Waals surface area (Å²) in [5, 5.41) is 0. The van der Waals surface area contributed by atoms with Crippen molar-refractivity contribution in [2.45, 2.75) is 20.0 Å². The van der Waals surface area contributed by atoms with E-state index in [2.05, 4.69) is 11.1 Å². The molecule has 0 spiro atoms. The first kappa shape index (κ1) is 10.5. The van der Waals surface area contributed by atoms with Gasteiger partial charge in [-0.25, -0.2) is 6.07 Å². The van der Waals surface area contributed by atoms with Crippen LogP contribution in [0, 0.1) is 6.07 Å². The third-order valence-electron chi connectivity index (χ3n) is 0.948. The van der Waals surface area contributed by atoms with Gasteiger partial charge in [-0.2, -0.15) is 6.07 Å². The van der Waals surface area contributed by atoms with E-state index in [0.717, 1.165) is 5.75 Å². The number of hydrogen-bond donors (Lipinski definition) is 0. The molecule has 0 N–H and O–H groups in total. The number of pyridine rings is 1. The molecule has 0 atom stereocenters. The topological polar surface area (TPSA) is 22.1 Å². The van der Waals surface area contributed by atoms with Gasteiger partial charge >= 0.3 is 18.9 Å². The Bertz CT molecular complexity index is 189. The Labute approximate surface area is 79.2 Å². The molecule has 0 aliphatic rings. The van der Waals surface area contributed by atoms with Crippen LogP contribution in [0.2, 0.25) is 0 Å². The Hall–Kier alpha value is -0.453. The summed E-state index contributed by atoms with van der Waals surface area (Å²) in [4.78, 5) is 3.86. The normalized spacial score (nSPS) is 9.00. The molecular weight excluding hydrogens is 133 g/mol. The maximum atomic E-state index is 5.32. The van der Waals surface area contributed by atoms with Gasteiger partial charge in [0.15, 0.2) is 0 Å². The van der Waals surface area contributed by atoms with Crippen LogP contribution in [0.4, 0.5) is 0 Å². The second-order valence-electron chi connectivity index (χ2n) is 2.29. The molecular formula is C8H10LiNO. The van der Waals surface area contributed by atoms with Crippen molar-refractivity contribution in [1.82, 2.24) is 4.98 Å². The SMILES string of the molecule is CC(C)Oc1c[c-]cnc1.[Li+]. The summed E-state index contributed by atoms with van der Waals surface area (Å²) >= 11 is 0. The first-order chi connectivity index (χ1) is 4.79. The summed E-state index contributed by atoms with van der Waals surface area (Å²) in [6, 6.07) is 4.60. The van der Waals surface area contributed by atoms with E-state index in [9.17, 15) is 0 Å². The van der Waals surface area contributed by atoms with Crippen LogP contribution in [-0.2, 0) is 0 Å². The Morgan fingerprint density at radius 2 is 2.27 bits per heavy atom. The fraction of sp³-hybridized carbons (Fsp3) is 0.375. The largest absolute Gasteiger partial charge is 1.00 e. The molecule has 0 fully saturated rings. The number of aromatic nitrogens is 1. The summed E-state index contributed by atoms with van der Waals surface area (Å²) < 4.78 is 5.32. The van der Waals surface area contributed by atoms with Gasteiger partial charge in [-0.05, 0) is 25.8 Å². The van der Waals surface area contributed by atoms with E-state index in [0.29, 0.717) is 0 Å². The predicted molar refractivity (Wildman–Crippen MR) is 38.8 cm³/mol. The Morgan fingerprint density at radius 3 is 2.73 bits per heavy atom. The third kappa shape index (κ3) is 4.08. The van der Waals surface area contributed by atoms with Crippen LogP contribution in [0.3, 0.4) is 0 Å². The molecule has 1 heterocycles. The molecule has 1 rings (SSSR count). The molecule has 0 saturated heterocycles. The van der Waals surface area contributed by atoms with Gasteiger partial charge in [0.25, 0.3) is 0 Å². The summed E-state index contributed by atoms with van der Waals surface area (Å²) in [5.74, 6) is 0.775. The molecule has 0 aliphatic heterocycles. The Morgan fingerprint density at radius 1 is 1.55 bits per heavy atom. The third-order valence-corrected chi connectivity index (χ3v) is 0.948. The van der Waals surface area contributed by atoms with Crippen LogP contribution in [0.5, 0.6) is 5.75 Å². The Balaban J connectivity index is 0.000001000. The van der Waals surface area contributed by atoms with Gasteiger partial charge in [-0.1, -0.05) is 6.20 Å². The summed E-state index contributed by atoms with van der Waals surface area (Å²) in [5.41, 5.74) is 0. The standard InChI is InChI=1S/C8H10NO.Li/c1-7(2)10-8-4-3-5-9-6-8;/h4-7H,1-2H3;/q-1;+1. The Kier molecular flexibility index (Phi) is 5.02. The van der Waals surface area contributed by atoms with Gasteiger partial charge in [0.2, 0.25) is 0 Å². The van der Waals surface area contributed by atoms with Gasteiger partial charge in [-0.15, -0.1) is 0 Å². The molecule has 1 aromatic rings. The minimum atomic E-state index is 0. The molecule has 3 heteroatoms. The van der Waals surface area contributed by atoms with E-state index < -0.39 is 0 Å². The number of hydrogen-bond acceptors (Lipinski definition) is 2. The summed E-state index contributed by atoms with van der Waals surface area (Å²) in [6.07, 6.45) is 3.49. The molecule has 2 nitrogen and oxygen atoms in total. The van der Waals surface area contributed by atoms with Crippen molar-refractivity contribution in [2.75, 3.05) is 0 Å². The van der Waals surface area contributed by atoms with Crippen molar-refractivity contribution in [1.29, 1.82) is 0 Å². The van der Waals surface area contributed by atoms with Crippen LogP contribution in [0.25, 0.3) is 0 Å². The maximum absolute atomic E-state index is 5.32. The summed E-state index contributed by atoms with van der Waals surface area (Å²) in [6.45, 7) is 3.96. The van der Waals surface area contributed by atoms with E-state index in [1.807, 2.05) is 13.8 Å². The van der Waals surface area contributed by atoms with Crippen molar-refractivity contribution in [3.8, 4) is 5.75 Å². The van der Waals surface area contributed by atoms with E-state index in [-0.39, 0.29) is 25.0 Å². The number of rotatable bonds is 2. The molecule has 0 saturated carbocycles. The van der Waals surface area contributed by atoms with E-state index in [4.69, 9.17) is 4.74 Å². The van der Waals surface area contributed by atoms with Gasteiger partial charge in [0.05, 0.1) is 6.10 Å². The predicted octanol–water partition coefficient (Wildman–Crippen LogP) is -1.33. The maximum Gasteiger partial charge on any atom is 1.00 e. The molecule has 0 aliphatic carbocycles. The van der Waals surface area contributed by atoms with Gasteiger partial charge in [-0.3, -0.25) is 0 Å². The van der Waals surface area contributed by atoms with Crippen LogP contribution < -0.4 is 23.6 Å². The van der Waals surface area contributed by atoms with E-state index in [1.54, 1.807) is 18.5 Å². The minimum absolute atomic E-state index is 0. The first-order valence-corrected chi connectivity index (χ1v) is 3.27. The van der Waals surface area contributed by atoms with Crippen molar-refractivity contribution in [2.24, 2.45) is 0 Å². The molecule has 1 aromatic heterocycles. The average Bonchev–Trinajstić information content (AvgIpc) is 1.88. The molecule has 0 aromatic carbocycles. The number of nitrogens with zero attached hydrogens (tertiary/aromatic N) is 1. The monoisotopic (exact) mass is 143 g/mol. The van der Waals surface area contributed by atoms with Crippen molar-refractivity contribution in [3.05, 3.63) is 24.5 Å². The molecule has 0 bridgehead atoms. The fourth-order valence-electron chi connectivity index (χ4n) is 0.647. The minimum Gasteiger partial charge on any atom is -0.575 e. The van der Waals surface area contributed by atoms with Gasteiger partial charge in [0.1, 0.15) is 0 Å². The van der Waals surface area contributed by atoms with Crippen LogP contribution in [-0.4, -0.2) is 11.1 Å². The second kappa shape index (κ2) is 5.23. The van der Waals surface area contributed by atoms with E-state index >= 15 is 0 Å². The number of ether oxygens (including phenoxy) is 1. The zero-order chi connectivity index (χ0) is 7.40. The van der Waals surface area contributed by atoms with Crippen molar-refractivity contribution >= 4 is 0 Å². The van der Waals surface area contributed by atoms with Crippen LogP contribution in [0.1, 0.15) is 13.8 Å². The van der Waals surface area contributed by atoms with Crippen LogP contribution >= 0.6 is 0 Å². The molecule has 0 radical (unpaired) electrons. The van der Waals surface area contributed by atoms with E-state index in [1.165, 1.54) is 0 Å². The smallest absolute Gasteiger partial charge is 0.575 e. The molecule has 0 amide bonds. The fourth-order valence-corrected chi connectivity index (χ4v) is 0.647.